The summed E-state index contributed by atoms with van der Waals surface area (Å²) in [6, 6.07) is 22.7. The number of aryl methyl sites for hydroxylation is 1. The molecule has 4 rings (SSSR count). The maximum Gasteiger partial charge on any atom is 0.123 e. The molecule has 0 radical (unpaired) electrons. The maximum atomic E-state index is 13.2. The third-order valence-electron chi connectivity index (χ3n) is 4.36. The van der Waals surface area contributed by atoms with Gasteiger partial charge in [-0.2, -0.15) is 5.10 Å². The first-order valence-corrected chi connectivity index (χ1v) is 8.70. The van der Waals surface area contributed by atoms with E-state index in [1.54, 1.807) is 18.3 Å². The van der Waals surface area contributed by atoms with Crippen LogP contribution < -0.4 is 0 Å². The second-order valence-electron chi connectivity index (χ2n) is 6.37. The minimum absolute atomic E-state index is 0.241. The molecule has 3 nitrogen and oxygen atoms in total. The first-order chi connectivity index (χ1) is 13.2. The number of halogens is 1. The molecule has 0 amide bonds. The van der Waals surface area contributed by atoms with Crippen molar-refractivity contribution < 1.29 is 4.39 Å². The van der Waals surface area contributed by atoms with Crippen molar-refractivity contribution in [1.82, 2.24) is 10.2 Å². The quantitative estimate of drug-likeness (QED) is 0.469. The van der Waals surface area contributed by atoms with Crippen LogP contribution in [0.4, 0.5) is 10.1 Å². The fourth-order valence-corrected chi connectivity index (χ4v) is 2.91. The van der Waals surface area contributed by atoms with Gasteiger partial charge in [-0.25, -0.2) is 9.38 Å². The van der Waals surface area contributed by atoms with Crippen molar-refractivity contribution >= 4 is 11.4 Å². The Morgan fingerprint density at radius 2 is 1.67 bits per heavy atom. The normalized spacial score (nSPS) is 11.6. The van der Waals surface area contributed by atoms with E-state index in [1.807, 2.05) is 48.7 Å². The zero-order chi connectivity index (χ0) is 18.6. The van der Waals surface area contributed by atoms with E-state index in [1.165, 1.54) is 17.7 Å². The van der Waals surface area contributed by atoms with Crippen molar-refractivity contribution in [3.63, 3.8) is 0 Å². The molecule has 4 heteroatoms. The Morgan fingerprint density at radius 1 is 0.889 bits per heavy atom. The van der Waals surface area contributed by atoms with Crippen LogP contribution >= 0.6 is 0 Å². The fourth-order valence-electron chi connectivity index (χ4n) is 2.91. The summed E-state index contributed by atoms with van der Waals surface area (Å²) in [6.07, 6.45) is 3.59. The minimum Gasteiger partial charge on any atom is -0.285 e. The third kappa shape index (κ3) is 3.85. The Bertz CT molecular complexity index is 1060. The molecule has 0 aliphatic carbocycles. The molecule has 132 valence electrons. The molecule has 27 heavy (non-hydrogen) atoms. The number of hydrogen-bond donors (Lipinski definition) is 1. The van der Waals surface area contributed by atoms with Crippen molar-refractivity contribution in [3.8, 4) is 11.1 Å². The molecule has 4 aromatic rings. The molecule has 0 aliphatic heterocycles. The standard InChI is InChI=1S/C23H18FN3/c1-16-5-11-22(12-6-16)27-23(20-14-25-26-15-20)19-4-2-3-18(13-19)17-7-9-21(24)10-8-17/h2-15H,1H3,(H,25,26). The zero-order valence-corrected chi connectivity index (χ0v) is 14.9. The largest absolute Gasteiger partial charge is 0.285 e. The highest BCUT2D eigenvalue weighted by atomic mass is 19.1. The van der Waals surface area contributed by atoms with Crippen LogP contribution in [-0.2, 0) is 0 Å². The monoisotopic (exact) mass is 355 g/mol. The van der Waals surface area contributed by atoms with Gasteiger partial charge >= 0.3 is 0 Å². The van der Waals surface area contributed by atoms with Crippen LogP contribution in [0.3, 0.4) is 0 Å². The van der Waals surface area contributed by atoms with Gasteiger partial charge < -0.3 is 0 Å². The van der Waals surface area contributed by atoms with Crippen LogP contribution in [0.2, 0.25) is 0 Å². The van der Waals surface area contributed by atoms with Crippen molar-refractivity contribution in [2.75, 3.05) is 0 Å². The smallest absolute Gasteiger partial charge is 0.123 e. The molecule has 0 spiro atoms. The number of benzene rings is 3. The molecule has 0 fully saturated rings. The molecule has 3 aromatic carbocycles. The first-order valence-electron chi connectivity index (χ1n) is 8.70. The van der Waals surface area contributed by atoms with Crippen molar-refractivity contribution in [2.45, 2.75) is 6.92 Å². The number of aliphatic imine (C=N–C) groups is 1. The number of nitrogens with one attached hydrogen (secondary N) is 1. The van der Waals surface area contributed by atoms with Crippen LogP contribution in [0.5, 0.6) is 0 Å². The van der Waals surface area contributed by atoms with Gasteiger partial charge in [-0.1, -0.05) is 48.0 Å². The van der Waals surface area contributed by atoms with E-state index in [0.717, 1.165) is 33.7 Å². The van der Waals surface area contributed by atoms with Crippen LogP contribution in [-0.4, -0.2) is 15.9 Å². The SMILES string of the molecule is Cc1ccc(N=C(c2cn[nH]c2)c2cccc(-c3ccc(F)cc3)c2)cc1. The average molecular weight is 355 g/mol. The predicted molar refractivity (Wildman–Crippen MR) is 107 cm³/mol. The highest BCUT2D eigenvalue weighted by Crippen LogP contribution is 2.24. The Hall–Kier alpha value is -3.53. The molecule has 0 atom stereocenters. The lowest BCUT2D eigenvalue weighted by atomic mass is 9.98. The van der Waals surface area contributed by atoms with Gasteiger partial charge in [0.1, 0.15) is 5.82 Å². The highest BCUT2D eigenvalue weighted by Gasteiger charge is 2.10. The Labute approximate surface area is 157 Å². The summed E-state index contributed by atoms with van der Waals surface area (Å²) in [5, 5.41) is 6.92. The van der Waals surface area contributed by atoms with Crippen molar-refractivity contribution in [1.29, 1.82) is 0 Å². The van der Waals surface area contributed by atoms with Gasteiger partial charge in [0.15, 0.2) is 0 Å². The van der Waals surface area contributed by atoms with Gasteiger partial charge in [0.05, 0.1) is 17.6 Å². The van der Waals surface area contributed by atoms with E-state index in [9.17, 15) is 4.39 Å². The summed E-state index contributed by atoms with van der Waals surface area (Å²) >= 11 is 0. The third-order valence-corrected chi connectivity index (χ3v) is 4.36. The molecular weight excluding hydrogens is 337 g/mol. The second kappa shape index (κ2) is 7.38. The van der Waals surface area contributed by atoms with E-state index in [-0.39, 0.29) is 5.82 Å². The summed E-state index contributed by atoms with van der Waals surface area (Å²) in [5.41, 5.74) is 6.75. The van der Waals surface area contributed by atoms with Crippen LogP contribution in [0.1, 0.15) is 16.7 Å². The van der Waals surface area contributed by atoms with Crippen molar-refractivity contribution in [2.24, 2.45) is 4.99 Å². The number of hydrogen-bond acceptors (Lipinski definition) is 2. The van der Waals surface area contributed by atoms with E-state index >= 15 is 0 Å². The predicted octanol–water partition coefficient (Wildman–Crippen LogP) is 5.69. The first kappa shape index (κ1) is 16.9. The van der Waals surface area contributed by atoms with Crippen molar-refractivity contribution in [3.05, 3.63) is 108 Å². The lowest BCUT2D eigenvalue weighted by Crippen LogP contribution is -2.02. The summed E-state index contributed by atoms with van der Waals surface area (Å²) in [5.74, 6) is -0.241. The van der Waals surface area contributed by atoms with Crippen LogP contribution in [0.15, 0.2) is 90.2 Å². The second-order valence-corrected chi connectivity index (χ2v) is 6.37. The number of aromatic amines is 1. The van der Waals surface area contributed by atoms with E-state index < -0.39 is 0 Å². The summed E-state index contributed by atoms with van der Waals surface area (Å²) in [6.45, 7) is 2.05. The Balaban J connectivity index is 1.80. The molecule has 0 aliphatic rings. The highest BCUT2D eigenvalue weighted by molar-refractivity contribution is 6.14. The lowest BCUT2D eigenvalue weighted by Gasteiger charge is -2.09. The molecule has 0 bridgehead atoms. The summed E-state index contributed by atoms with van der Waals surface area (Å²) in [7, 11) is 0. The fraction of sp³-hybridized carbons (Fsp3) is 0.0435. The van der Waals surface area contributed by atoms with Crippen LogP contribution in [0.25, 0.3) is 11.1 Å². The Kier molecular flexibility index (Phi) is 4.62. The van der Waals surface area contributed by atoms with E-state index in [4.69, 9.17) is 4.99 Å². The van der Waals surface area contributed by atoms with Crippen LogP contribution in [0, 0.1) is 12.7 Å². The van der Waals surface area contributed by atoms with E-state index in [0.29, 0.717) is 0 Å². The van der Waals surface area contributed by atoms with Gasteiger partial charge in [-0.3, -0.25) is 5.10 Å². The van der Waals surface area contributed by atoms with E-state index in [2.05, 4.69) is 23.2 Å². The molecule has 0 saturated carbocycles. The molecule has 1 aromatic heterocycles. The molecule has 0 saturated heterocycles. The van der Waals surface area contributed by atoms with Gasteiger partial charge in [-0.15, -0.1) is 0 Å². The average Bonchev–Trinajstić information content (AvgIpc) is 3.23. The topological polar surface area (TPSA) is 41.0 Å². The molecular formula is C23H18FN3. The molecule has 0 unspecified atom stereocenters. The number of aromatic nitrogens is 2. The Morgan fingerprint density at radius 3 is 2.37 bits per heavy atom. The summed E-state index contributed by atoms with van der Waals surface area (Å²) < 4.78 is 13.2. The minimum atomic E-state index is -0.241. The molecule has 1 heterocycles. The van der Waals surface area contributed by atoms with Gasteiger partial charge in [0, 0.05) is 17.3 Å². The lowest BCUT2D eigenvalue weighted by molar-refractivity contribution is 0.628. The number of H-pyrrole nitrogens is 1. The zero-order valence-electron chi connectivity index (χ0n) is 14.9. The summed E-state index contributed by atoms with van der Waals surface area (Å²) in [4.78, 5) is 4.86. The number of rotatable bonds is 4. The molecule has 1 N–H and O–H groups in total. The number of nitrogens with zero attached hydrogens (tertiary/aromatic N) is 2. The van der Waals surface area contributed by atoms with Gasteiger partial charge in [0.25, 0.3) is 0 Å². The maximum absolute atomic E-state index is 13.2. The van der Waals surface area contributed by atoms with Gasteiger partial charge in [0.2, 0.25) is 0 Å². The van der Waals surface area contributed by atoms with Gasteiger partial charge in [-0.05, 0) is 48.4 Å².